The smallest absolute Gasteiger partial charge is 0.218 e. The van der Waals surface area contributed by atoms with E-state index in [1.165, 1.54) is 0 Å². The molecule has 110 valence electrons. The Kier molecular flexibility index (Phi) is 3.15. The summed E-state index contributed by atoms with van der Waals surface area (Å²) in [6.45, 7) is 7.90. The first-order chi connectivity index (χ1) is 8.64. The summed E-state index contributed by atoms with van der Waals surface area (Å²) < 4.78 is 33.3. The van der Waals surface area contributed by atoms with Crippen LogP contribution >= 0.6 is 15.9 Å². The van der Waals surface area contributed by atoms with Gasteiger partial charge in [-0.1, -0.05) is 15.9 Å². The molecule has 3 rings (SSSR count). The summed E-state index contributed by atoms with van der Waals surface area (Å²) in [5.41, 5.74) is -0.368. The molecule has 0 amide bonds. The number of halogens is 1. The van der Waals surface area contributed by atoms with Gasteiger partial charge in [0.2, 0.25) is 10.0 Å². The topological polar surface area (TPSA) is 46.6 Å². The Balaban J connectivity index is 2.02. The number of rotatable bonds is 2. The van der Waals surface area contributed by atoms with E-state index in [1.54, 1.807) is 4.31 Å². The van der Waals surface area contributed by atoms with Crippen LogP contribution in [0.2, 0.25) is 0 Å². The summed E-state index contributed by atoms with van der Waals surface area (Å²) in [4.78, 5) is 0. The molecule has 0 radical (unpaired) electrons. The van der Waals surface area contributed by atoms with E-state index in [0.717, 1.165) is 12.8 Å². The molecule has 0 aromatic heterocycles. The summed E-state index contributed by atoms with van der Waals surface area (Å²) in [6.07, 6.45) is 1.83. The highest BCUT2D eigenvalue weighted by atomic mass is 79.9. The van der Waals surface area contributed by atoms with Gasteiger partial charge in [-0.2, -0.15) is 4.31 Å². The Morgan fingerprint density at radius 2 is 1.95 bits per heavy atom. The van der Waals surface area contributed by atoms with E-state index in [4.69, 9.17) is 4.74 Å². The number of hydrogen-bond donors (Lipinski definition) is 0. The Morgan fingerprint density at radius 3 is 2.47 bits per heavy atom. The summed E-state index contributed by atoms with van der Waals surface area (Å²) in [5.74, 6) is 0.674. The van der Waals surface area contributed by atoms with E-state index >= 15 is 0 Å². The Bertz CT molecular complexity index is 485. The first kappa shape index (κ1) is 14.3. The van der Waals surface area contributed by atoms with Crippen molar-refractivity contribution in [3.05, 3.63) is 0 Å². The molecule has 19 heavy (non-hydrogen) atoms. The molecule has 3 fully saturated rings. The van der Waals surface area contributed by atoms with Gasteiger partial charge in [-0.15, -0.1) is 0 Å². The third-order valence-electron chi connectivity index (χ3n) is 4.76. The predicted octanol–water partition coefficient (Wildman–Crippen LogP) is 2.33. The summed E-state index contributed by atoms with van der Waals surface area (Å²) in [7, 11) is -3.16. The first-order valence-electron chi connectivity index (χ1n) is 6.97. The number of hydrogen-bond acceptors (Lipinski definition) is 3. The van der Waals surface area contributed by atoms with Crippen LogP contribution in [0.25, 0.3) is 0 Å². The summed E-state index contributed by atoms with van der Waals surface area (Å²) in [6, 6.07) is 0.0359. The van der Waals surface area contributed by atoms with Gasteiger partial charge >= 0.3 is 0 Å². The van der Waals surface area contributed by atoms with E-state index in [2.05, 4.69) is 15.9 Å². The SMILES string of the molecule is CC(Br)OC1C2CC3C1N(C(C)(C)C)S(=O)(=O)C3C2. The standard InChI is InChI=1S/C13H22BrNO3S/c1-7(14)18-12-8-5-9-10(6-8)19(16,17)15(11(9)12)13(2,3)4/h7-12H,5-6H2,1-4H3. The van der Waals surface area contributed by atoms with E-state index in [9.17, 15) is 8.42 Å². The molecule has 2 bridgehead atoms. The highest BCUT2D eigenvalue weighted by Crippen LogP contribution is 2.58. The molecule has 6 atom stereocenters. The minimum Gasteiger partial charge on any atom is -0.362 e. The maximum absolute atomic E-state index is 12.7. The molecule has 1 saturated heterocycles. The fourth-order valence-corrected chi connectivity index (χ4v) is 7.55. The number of ether oxygens (including phenoxy) is 1. The van der Waals surface area contributed by atoms with Crippen molar-refractivity contribution in [2.45, 2.75) is 68.5 Å². The van der Waals surface area contributed by atoms with Crippen LogP contribution in [-0.2, 0) is 14.8 Å². The molecule has 0 N–H and O–H groups in total. The van der Waals surface area contributed by atoms with Crippen LogP contribution < -0.4 is 0 Å². The highest BCUT2D eigenvalue weighted by Gasteiger charge is 2.68. The van der Waals surface area contributed by atoms with E-state index in [1.807, 2.05) is 27.7 Å². The lowest BCUT2D eigenvalue weighted by molar-refractivity contribution is -0.0308. The van der Waals surface area contributed by atoms with E-state index < -0.39 is 10.0 Å². The fourth-order valence-electron chi connectivity index (χ4n) is 4.42. The fraction of sp³-hybridized carbons (Fsp3) is 1.00. The van der Waals surface area contributed by atoms with Crippen molar-refractivity contribution in [2.75, 3.05) is 0 Å². The van der Waals surface area contributed by atoms with Gasteiger partial charge in [0.25, 0.3) is 0 Å². The van der Waals surface area contributed by atoms with Crippen molar-refractivity contribution in [1.29, 1.82) is 0 Å². The second-order valence-corrected chi connectivity index (χ2v) is 10.4. The highest BCUT2D eigenvalue weighted by molar-refractivity contribution is 9.09. The van der Waals surface area contributed by atoms with Crippen molar-refractivity contribution in [1.82, 2.24) is 4.31 Å². The van der Waals surface area contributed by atoms with Gasteiger partial charge in [-0.3, -0.25) is 0 Å². The third kappa shape index (κ3) is 1.93. The average Bonchev–Trinajstić information content (AvgIpc) is 2.78. The van der Waals surface area contributed by atoms with Gasteiger partial charge in [-0.25, -0.2) is 8.42 Å². The van der Waals surface area contributed by atoms with Crippen molar-refractivity contribution < 1.29 is 13.2 Å². The zero-order chi connectivity index (χ0) is 14.2. The lowest BCUT2D eigenvalue weighted by atomic mass is 9.90. The number of nitrogens with zero attached hydrogens (tertiary/aromatic N) is 1. The molecule has 1 heterocycles. The molecule has 0 aromatic carbocycles. The Hall–Kier alpha value is 0.350. The third-order valence-corrected chi connectivity index (χ3v) is 7.62. The lowest BCUT2D eigenvalue weighted by Gasteiger charge is -2.38. The maximum atomic E-state index is 12.7. The van der Waals surface area contributed by atoms with Gasteiger partial charge in [-0.05, 0) is 52.4 Å². The van der Waals surface area contributed by atoms with Crippen molar-refractivity contribution >= 4 is 26.0 Å². The largest absolute Gasteiger partial charge is 0.362 e. The van der Waals surface area contributed by atoms with Gasteiger partial charge in [0.05, 0.1) is 17.4 Å². The van der Waals surface area contributed by atoms with E-state index in [-0.39, 0.29) is 33.9 Å². The van der Waals surface area contributed by atoms with Gasteiger partial charge in [0, 0.05) is 5.54 Å². The van der Waals surface area contributed by atoms with E-state index in [0.29, 0.717) is 5.92 Å². The molecule has 2 aliphatic carbocycles. The number of sulfonamides is 1. The van der Waals surface area contributed by atoms with Crippen molar-refractivity contribution in [3.8, 4) is 0 Å². The van der Waals surface area contributed by atoms with Crippen LogP contribution in [0.5, 0.6) is 0 Å². The van der Waals surface area contributed by atoms with Crippen LogP contribution in [0.3, 0.4) is 0 Å². The lowest BCUT2D eigenvalue weighted by Crippen LogP contribution is -2.52. The first-order valence-corrected chi connectivity index (χ1v) is 9.39. The monoisotopic (exact) mass is 351 g/mol. The predicted molar refractivity (Wildman–Crippen MR) is 77.6 cm³/mol. The molecule has 6 heteroatoms. The Labute approximate surface area is 124 Å². The maximum Gasteiger partial charge on any atom is 0.218 e. The van der Waals surface area contributed by atoms with Gasteiger partial charge in [0.1, 0.15) is 5.01 Å². The average molecular weight is 352 g/mol. The molecule has 2 saturated carbocycles. The Morgan fingerprint density at radius 1 is 1.32 bits per heavy atom. The molecule has 4 nitrogen and oxygen atoms in total. The molecule has 0 aromatic rings. The summed E-state index contributed by atoms with van der Waals surface area (Å²) >= 11 is 3.43. The van der Waals surface area contributed by atoms with Crippen LogP contribution in [0, 0.1) is 11.8 Å². The second kappa shape index (κ2) is 4.18. The van der Waals surface area contributed by atoms with Crippen LogP contribution in [-0.4, -0.2) is 40.7 Å². The van der Waals surface area contributed by atoms with Crippen LogP contribution in [0.4, 0.5) is 0 Å². The summed E-state index contributed by atoms with van der Waals surface area (Å²) in [5, 5.41) is -0.187. The van der Waals surface area contributed by atoms with Crippen LogP contribution in [0.15, 0.2) is 0 Å². The number of alkyl halides is 1. The zero-order valence-electron chi connectivity index (χ0n) is 11.8. The molecular formula is C13H22BrNO3S. The van der Waals surface area contributed by atoms with Crippen molar-refractivity contribution in [2.24, 2.45) is 11.8 Å². The molecule has 6 unspecified atom stereocenters. The van der Waals surface area contributed by atoms with Gasteiger partial charge in [0.15, 0.2) is 0 Å². The van der Waals surface area contributed by atoms with Gasteiger partial charge < -0.3 is 4.74 Å². The van der Waals surface area contributed by atoms with Crippen LogP contribution in [0.1, 0.15) is 40.5 Å². The minimum absolute atomic E-state index is 0.0274. The molecular weight excluding hydrogens is 330 g/mol. The zero-order valence-corrected chi connectivity index (χ0v) is 14.2. The minimum atomic E-state index is -3.16. The number of fused-ring (bicyclic) bond motifs is 1. The van der Waals surface area contributed by atoms with Crippen molar-refractivity contribution in [3.63, 3.8) is 0 Å². The molecule has 1 aliphatic heterocycles. The quantitative estimate of drug-likeness (QED) is 0.717. The molecule has 0 spiro atoms. The molecule has 3 aliphatic rings. The second-order valence-electron chi connectivity index (χ2n) is 7.08. The normalized spacial score (nSPS) is 45.8.